The van der Waals surface area contributed by atoms with Crippen molar-refractivity contribution in [2.75, 3.05) is 13.1 Å². The Morgan fingerprint density at radius 3 is 3.00 bits per heavy atom. The Morgan fingerprint density at radius 2 is 2.08 bits per heavy atom. The van der Waals surface area contributed by atoms with Crippen molar-refractivity contribution in [3.8, 4) is 0 Å². The number of carbonyl (C=O) groups is 1. The number of hydrogen-bond acceptors (Lipinski definition) is 5. The molecule has 0 unspecified atom stereocenters. The van der Waals surface area contributed by atoms with Crippen LogP contribution in [0.25, 0.3) is 10.2 Å². The number of nitrogens with zero attached hydrogens (tertiary/aromatic N) is 3. The minimum atomic E-state index is 0.00598. The number of aromatic nitrogens is 2. The van der Waals surface area contributed by atoms with Gasteiger partial charge < -0.3 is 9.42 Å². The van der Waals surface area contributed by atoms with Gasteiger partial charge in [-0.2, -0.15) is 0 Å². The van der Waals surface area contributed by atoms with Crippen LogP contribution in [0.3, 0.4) is 0 Å². The van der Waals surface area contributed by atoms with Gasteiger partial charge in [-0.15, -0.1) is 11.3 Å². The molecule has 0 N–H and O–H groups in total. The Morgan fingerprint density at radius 1 is 1.19 bits per heavy atom. The summed E-state index contributed by atoms with van der Waals surface area (Å²) in [5.41, 5.74) is 3.09. The SMILES string of the molecule is O=C(c1onc2c1CCCC2)N1CCC[C@@H](c2nc3ccccc3s2)C1. The summed E-state index contributed by atoms with van der Waals surface area (Å²) in [6.45, 7) is 1.50. The molecule has 3 heterocycles. The molecule has 5 rings (SSSR count). The first kappa shape index (κ1) is 16.0. The average molecular weight is 367 g/mol. The van der Waals surface area contributed by atoms with Gasteiger partial charge in [-0.25, -0.2) is 4.98 Å². The monoisotopic (exact) mass is 367 g/mol. The molecule has 0 spiro atoms. The molecule has 1 saturated heterocycles. The van der Waals surface area contributed by atoms with Gasteiger partial charge >= 0.3 is 0 Å². The lowest BCUT2D eigenvalue weighted by Crippen LogP contribution is -2.39. The second-order valence-corrected chi connectivity index (χ2v) is 8.32. The van der Waals surface area contributed by atoms with Crippen LogP contribution in [0.1, 0.15) is 58.4 Å². The van der Waals surface area contributed by atoms with E-state index in [0.29, 0.717) is 18.2 Å². The van der Waals surface area contributed by atoms with E-state index < -0.39 is 0 Å². The van der Waals surface area contributed by atoms with Gasteiger partial charge in [0.1, 0.15) is 0 Å². The van der Waals surface area contributed by atoms with E-state index in [1.54, 1.807) is 11.3 Å². The third kappa shape index (κ3) is 2.72. The lowest BCUT2D eigenvalue weighted by molar-refractivity contribution is 0.0663. The summed E-state index contributed by atoms with van der Waals surface area (Å²) >= 11 is 1.75. The Balaban J connectivity index is 1.38. The van der Waals surface area contributed by atoms with Crippen LogP contribution in [-0.2, 0) is 12.8 Å². The van der Waals surface area contributed by atoms with Gasteiger partial charge in [-0.1, -0.05) is 17.3 Å². The quantitative estimate of drug-likeness (QED) is 0.682. The van der Waals surface area contributed by atoms with Crippen molar-refractivity contribution in [1.82, 2.24) is 15.0 Å². The molecule has 0 saturated carbocycles. The highest BCUT2D eigenvalue weighted by molar-refractivity contribution is 7.18. The van der Waals surface area contributed by atoms with Crippen LogP contribution < -0.4 is 0 Å². The molecule has 1 aromatic carbocycles. The van der Waals surface area contributed by atoms with Crippen LogP contribution in [0.4, 0.5) is 0 Å². The van der Waals surface area contributed by atoms with E-state index in [4.69, 9.17) is 9.51 Å². The van der Waals surface area contributed by atoms with Gasteiger partial charge in [0.15, 0.2) is 0 Å². The number of para-hydroxylation sites is 1. The largest absolute Gasteiger partial charge is 0.350 e. The minimum Gasteiger partial charge on any atom is -0.350 e. The number of thiazole rings is 1. The van der Waals surface area contributed by atoms with Gasteiger partial charge in [0, 0.05) is 24.6 Å². The second-order valence-electron chi connectivity index (χ2n) is 7.25. The standard InChI is InChI=1S/C20H21N3O2S/c24-20(18-14-7-1-2-8-15(14)22-25-18)23-11-5-6-13(12-23)19-21-16-9-3-4-10-17(16)26-19/h3-4,9-10,13H,1-2,5-8,11-12H2/t13-/m1/s1. The molecule has 1 fully saturated rings. The Kier molecular flexibility index (Phi) is 4.00. The number of piperidine rings is 1. The smallest absolute Gasteiger partial charge is 0.292 e. The highest BCUT2D eigenvalue weighted by Gasteiger charge is 2.32. The van der Waals surface area contributed by atoms with Crippen molar-refractivity contribution in [3.63, 3.8) is 0 Å². The molecule has 2 aromatic heterocycles. The van der Waals surface area contributed by atoms with Crippen LogP contribution in [0.15, 0.2) is 28.8 Å². The molecule has 0 bridgehead atoms. The molecule has 1 aliphatic carbocycles. The minimum absolute atomic E-state index is 0.00598. The van der Waals surface area contributed by atoms with Crippen molar-refractivity contribution in [2.24, 2.45) is 0 Å². The maximum Gasteiger partial charge on any atom is 0.292 e. The molecule has 26 heavy (non-hydrogen) atoms. The molecule has 6 heteroatoms. The number of hydrogen-bond donors (Lipinski definition) is 0. The van der Waals surface area contributed by atoms with Crippen molar-refractivity contribution >= 4 is 27.5 Å². The summed E-state index contributed by atoms with van der Waals surface area (Å²) in [7, 11) is 0. The summed E-state index contributed by atoms with van der Waals surface area (Å²) in [5.74, 6) is 0.792. The van der Waals surface area contributed by atoms with E-state index in [0.717, 1.165) is 66.9 Å². The van der Waals surface area contributed by atoms with Gasteiger partial charge in [0.25, 0.3) is 5.91 Å². The van der Waals surface area contributed by atoms with E-state index in [1.807, 2.05) is 17.0 Å². The van der Waals surface area contributed by atoms with Crippen LogP contribution in [0, 0.1) is 0 Å². The topological polar surface area (TPSA) is 59.2 Å². The lowest BCUT2D eigenvalue weighted by Gasteiger charge is -2.31. The number of likely N-dealkylation sites (tertiary alicyclic amines) is 1. The van der Waals surface area contributed by atoms with E-state index in [-0.39, 0.29) is 5.91 Å². The highest BCUT2D eigenvalue weighted by Crippen LogP contribution is 2.34. The van der Waals surface area contributed by atoms with Crippen molar-refractivity contribution < 1.29 is 9.32 Å². The summed E-state index contributed by atoms with van der Waals surface area (Å²) in [6.07, 6.45) is 6.18. The number of fused-ring (bicyclic) bond motifs is 2. The first-order chi connectivity index (χ1) is 12.8. The second kappa shape index (κ2) is 6.50. The molecule has 1 amide bonds. The van der Waals surface area contributed by atoms with Gasteiger partial charge in [-0.3, -0.25) is 4.79 Å². The molecule has 2 aliphatic rings. The summed E-state index contributed by atoms with van der Waals surface area (Å²) < 4.78 is 6.69. The van der Waals surface area contributed by atoms with Crippen molar-refractivity contribution in [2.45, 2.75) is 44.4 Å². The molecule has 3 aromatic rings. The summed E-state index contributed by atoms with van der Waals surface area (Å²) in [4.78, 5) is 19.8. The average Bonchev–Trinajstić information content (AvgIpc) is 3.32. The van der Waals surface area contributed by atoms with E-state index in [1.165, 1.54) is 4.70 Å². The maximum atomic E-state index is 13.1. The van der Waals surface area contributed by atoms with Gasteiger partial charge in [0.2, 0.25) is 5.76 Å². The number of rotatable bonds is 2. The lowest BCUT2D eigenvalue weighted by atomic mass is 9.94. The van der Waals surface area contributed by atoms with Crippen molar-refractivity contribution in [1.29, 1.82) is 0 Å². The van der Waals surface area contributed by atoms with Gasteiger partial charge in [-0.05, 0) is 50.7 Å². The van der Waals surface area contributed by atoms with Crippen LogP contribution in [0.5, 0.6) is 0 Å². The van der Waals surface area contributed by atoms with E-state index in [2.05, 4.69) is 17.3 Å². The molecule has 134 valence electrons. The van der Waals surface area contributed by atoms with E-state index >= 15 is 0 Å². The molecule has 1 atom stereocenters. The fourth-order valence-corrected chi connectivity index (χ4v) is 5.22. The first-order valence-corrected chi connectivity index (χ1v) is 10.2. The Bertz CT molecular complexity index is 928. The zero-order valence-electron chi connectivity index (χ0n) is 14.6. The third-order valence-electron chi connectivity index (χ3n) is 5.52. The predicted octanol–water partition coefficient (Wildman–Crippen LogP) is 4.18. The molecular weight excluding hydrogens is 346 g/mol. The van der Waals surface area contributed by atoms with Crippen LogP contribution >= 0.6 is 11.3 Å². The summed E-state index contributed by atoms with van der Waals surface area (Å²) in [5, 5.41) is 5.29. The number of benzene rings is 1. The number of carbonyl (C=O) groups excluding carboxylic acids is 1. The number of amides is 1. The molecule has 5 nitrogen and oxygen atoms in total. The summed E-state index contributed by atoms with van der Waals surface area (Å²) in [6, 6.07) is 8.24. The predicted molar refractivity (Wildman–Crippen MR) is 101 cm³/mol. The normalized spacial score (nSPS) is 20.3. The third-order valence-corrected chi connectivity index (χ3v) is 6.72. The van der Waals surface area contributed by atoms with Crippen LogP contribution in [-0.4, -0.2) is 34.0 Å². The van der Waals surface area contributed by atoms with Crippen LogP contribution in [0.2, 0.25) is 0 Å². The highest BCUT2D eigenvalue weighted by atomic mass is 32.1. The first-order valence-electron chi connectivity index (χ1n) is 9.42. The fraction of sp³-hybridized carbons (Fsp3) is 0.450. The molecular formula is C20H21N3O2S. The van der Waals surface area contributed by atoms with Gasteiger partial charge in [0.05, 0.1) is 20.9 Å². The molecule has 1 aliphatic heterocycles. The molecule has 0 radical (unpaired) electrons. The Labute approximate surface area is 156 Å². The zero-order valence-corrected chi connectivity index (χ0v) is 15.4. The van der Waals surface area contributed by atoms with E-state index in [9.17, 15) is 4.79 Å². The van der Waals surface area contributed by atoms with Crippen molar-refractivity contribution in [3.05, 3.63) is 46.3 Å². The fourth-order valence-electron chi connectivity index (χ4n) is 4.13. The Hall–Kier alpha value is -2.21. The number of aryl methyl sites for hydroxylation is 1. The maximum absolute atomic E-state index is 13.1. The zero-order chi connectivity index (χ0) is 17.5.